The van der Waals surface area contributed by atoms with Gasteiger partial charge in [-0.25, -0.2) is 15.0 Å². The first-order valence-corrected chi connectivity index (χ1v) is 12.5. The Morgan fingerprint density at radius 2 is 2.00 bits per heavy atom. The van der Waals surface area contributed by atoms with Crippen molar-refractivity contribution in [1.29, 1.82) is 0 Å². The fourth-order valence-electron chi connectivity index (χ4n) is 5.17. The smallest absolute Gasteiger partial charge is 0.144 e. The molecule has 7 rings (SSSR count). The van der Waals surface area contributed by atoms with Crippen LogP contribution in [-0.4, -0.2) is 51.8 Å². The predicted octanol–water partition coefficient (Wildman–Crippen LogP) is 4.53. The van der Waals surface area contributed by atoms with Crippen LogP contribution in [0.4, 0.5) is 17.2 Å². The Balaban J connectivity index is 1.17. The van der Waals surface area contributed by atoms with Gasteiger partial charge in [-0.3, -0.25) is 0 Å². The van der Waals surface area contributed by atoms with Crippen molar-refractivity contribution >= 4 is 39.1 Å². The summed E-state index contributed by atoms with van der Waals surface area (Å²) < 4.78 is 14.3. The van der Waals surface area contributed by atoms with Crippen molar-refractivity contribution in [3.63, 3.8) is 0 Å². The highest BCUT2D eigenvalue weighted by Crippen LogP contribution is 2.38. The third kappa shape index (κ3) is 3.97. The summed E-state index contributed by atoms with van der Waals surface area (Å²) in [6.07, 6.45) is 3.40. The number of rotatable bonds is 4. The van der Waals surface area contributed by atoms with E-state index in [9.17, 15) is 0 Å². The molecule has 9 heteroatoms. The van der Waals surface area contributed by atoms with Crippen LogP contribution in [0.25, 0.3) is 21.9 Å². The molecule has 2 aliphatic rings. The molecule has 2 aliphatic heterocycles. The molecular weight excluding hydrogens is 466 g/mol. The van der Waals surface area contributed by atoms with Crippen molar-refractivity contribution < 1.29 is 9.47 Å². The lowest BCUT2D eigenvalue weighted by Crippen LogP contribution is -2.51. The molecule has 186 valence electrons. The van der Waals surface area contributed by atoms with Gasteiger partial charge in [0.1, 0.15) is 36.0 Å². The molecular formula is C28H27N7O2. The lowest BCUT2D eigenvalue weighted by molar-refractivity contribution is 0.271. The largest absolute Gasteiger partial charge is 0.490 e. The number of imidazole rings is 1. The maximum Gasteiger partial charge on any atom is 0.144 e. The summed E-state index contributed by atoms with van der Waals surface area (Å²) in [6, 6.07) is 16.5. The van der Waals surface area contributed by atoms with Crippen molar-refractivity contribution in [2.24, 2.45) is 7.05 Å². The fraction of sp³-hybridized carbons (Fsp3) is 0.250. The van der Waals surface area contributed by atoms with Crippen molar-refractivity contribution in [2.45, 2.75) is 13.0 Å². The second kappa shape index (κ2) is 8.63. The molecule has 0 saturated carbocycles. The average molecular weight is 494 g/mol. The maximum absolute atomic E-state index is 6.19. The SMILES string of the molecule is Cc1cc(Nc2ncnc3cc4c(cc23)N2CCN[C@H](CO4)C2)ccc1Oc1ccc2c(c1)ncn2C. The topological polar surface area (TPSA) is 89.4 Å². The van der Waals surface area contributed by atoms with Crippen LogP contribution in [0.3, 0.4) is 0 Å². The van der Waals surface area contributed by atoms with E-state index in [4.69, 9.17) is 9.47 Å². The van der Waals surface area contributed by atoms with Gasteiger partial charge >= 0.3 is 0 Å². The first kappa shape index (κ1) is 21.9. The molecule has 2 bridgehead atoms. The van der Waals surface area contributed by atoms with Crippen LogP contribution in [0, 0.1) is 6.92 Å². The van der Waals surface area contributed by atoms with Gasteiger partial charge in [-0.1, -0.05) is 0 Å². The normalized spacial score (nSPS) is 16.8. The number of hydrogen-bond donors (Lipinski definition) is 2. The Labute approximate surface area is 214 Å². The van der Waals surface area contributed by atoms with Crippen molar-refractivity contribution in [3.05, 3.63) is 66.7 Å². The lowest BCUT2D eigenvalue weighted by atomic mass is 10.1. The third-order valence-electron chi connectivity index (χ3n) is 7.11. The van der Waals surface area contributed by atoms with Gasteiger partial charge in [-0.2, -0.15) is 0 Å². The van der Waals surface area contributed by atoms with Gasteiger partial charge in [-0.05, 0) is 48.9 Å². The molecule has 5 aromatic rings. The number of hydrogen-bond acceptors (Lipinski definition) is 8. The number of aromatic nitrogens is 4. The Kier molecular flexibility index (Phi) is 5.10. The average Bonchev–Trinajstić information content (AvgIpc) is 3.23. The van der Waals surface area contributed by atoms with Crippen LogP contribution in [0.15, 0.2) is 61.2 Å². The number of piperazine rings is 1. The van der Waals surface area contributed by atoms with Gasteiger partial charge in [0.15, 0.2) is 0 Å². The zero-order valence-electron chi connectivity index (χ0n) is 20.7. The molecule has 0 radical (unpaired) electrons. The molecule has 2 aromatic heterocycles. The van der Waals surface area contributed by atoms with E-state index in [0.717, 1.165) is 81.6 Å². The van der Waals surface area contributed by atoms with Crippen LogP contribution >= 0.6 is 0 Å². The highest BCUT2D eigenvalue weighted by molar-refractivity contribution is 5.95. The molecule has 1 fully saturated rings. The molecule has 0 aliphatic carbocycles. The zero-order valence-corrected chi connectivity index (χ0v) is 20.7. The maximum atomic E-state index is 6.19. The Bertz CT molecular complexity index is 1650. The number of anilines is 3. The third-order valence-corrected chi connectivity index (χ3v) is 7.11. The van der Waals surface area contributed by atoms with E-state index < -0.39 is 0 Å². The number of nitrogens with one attached hydrogen (secondary N) is 2. The molecule has 0 amide bonds. The van der Waals surface area contributed by atoms with Crippen LogP contribution in [0.5, 0.6) is 17.2 Å². The summed E-state index contributed by atoms with van der Waals surface area (Å²) >= 11 is 0. The van der Waals surface area contributed by atoms with E-state index in [1.165, 1.54) is 0 Å². The monoisotopic (exact) mass is 493 g/mol. The molecule has 37 heavy (non-hydrogen) atoms. The standard InChI is InChI=1S/C28H27N7O2/c1-17-9-18(3-6-26(17)37-20-4-5-24-23(10-20)32-16-34(24)2)33-28-21-11-25-27(12-22(21)30-15-31-28)36-14-19-13-35(25)8-7-29-19/h3-6,9-12,15-16,19,29H,7-8,13-14H2,1-2H3,(H,30,31,33)/t19-/m0/s1. The minimum atomic E-state index is 0.336. The Hall–Kier alpha value is -4.37. The number of aryl methyl sites for hydroxylation is 2. The highest BCUT2D eigenvalue weighted by Gasteiger charge is 2.27. The first-order chi connectivity index (χ1) is 18.1. The summed E-state index contributed by atoms with van der Waals surface area (Å²) in [5, 5.41) is 7.98. The van der Waals surface area contributed by atoms with Crippen LogP contribution in [0.1, 0.15) is 5.56 Å². The second-order valence-corrected chi connectivity index (χ2v) is 9.68. The number of benzene rings is 3. The summed E-state index contributed by atoms with van der Waals surface area (Å²) in [5.74, 6) is 3.20. The molecule has 9 nitrogen and oxygen atoms in total. The minimum absolute atomic E-state index is 0.336. The van der Waals surface area contributed by atoms with E-state index in [2.05, 4.69) is 42.6 Å². The Morgan fingerprint density at radius 1 is 1.05 bits per heavy atom. The summed E-state index contributed by atoms with van der Waals surface area (Å²) in [6.45, 7) is 5.53. The van der Waals surface area contributed by atoms with Crippen molar-refractivity contribution in [1.82, 2.24) is 24.8 Å². The second-order valence-electron chi connectivity index (χ2n) is 9.68. The Morgan fingerprint density at radius 3 is 2.92 bits per heavy atom. The van der Waals surface area contributed by atoms with Crippen LogP contribution in [0.2, 0.25) is 0 Å². The number of fused-ring (bicyclic) bond motifs is 6. The zero-order chi connectivity index (χ0) is 24.9. The molecule has 3 aromatic carbocycles. The van der Waals surface area contributed by atoms with E-state index in [-0.39, 0.29) is 0 Å². The van der Waals surface area contributed by atoms with Crippen LogP contribution in [-0.2, 0) is 7.05 Å². The number of nitrogens with zero attached hydrogens (tertiary/aromatic N) is 5. The first-order valence-electron chi connectivity index (χ1n) is 12.5. The van der Waals surface area contributed by atoms with Gasteiger partial charge in [0.25, 0.3) is 0 Å². The molecule has 4 heterocycles. The van der Waals surface area contributed by atoms with Crippen LogP contribution < -0.4 is 25.0 Å². The minimum Gasteiger partial charge on any atom is -0.490 e. The van der Waals surface area contributed by atoms with E-state index in [1.807, 2.05) is 61.3 Å². The predicted molar refractivity (Wildman–Crippen MR) is 144 cm³/mol. The van der Waals surface area contributed by atoms with E-state index in [0.29, 0.717) is 12.6 Å². The molecule has 0 unspecified atom stereocenters. The van der Waals surface area contributed by atoms with Gasteiger partial charge in [0.05, 0.1) is 34.6 Å². The molecule has 0 spiro atoms. The van der Waals surface area contributed by atoms with Crippen molar-refractivity contribution in [3.8, 4) is 17.2 Å². The fourth-order valence-corrected chi connectivity index (χ4v) is 5.17. The van der Waals surface area contributed by atoms with Gasteiger partial charge in [0, 0.05) is 49.9 Å². The van der Waals surface area contributed by atoms with E-state index in [1.54, 1.807) is 6.33 Å². The molecule has 1 saturated heterocycles. The van der Waals surface area contributed by atoms with E-state index >= 15 is 0 Å². The molecule has 1 atom stereocenters. The lowest BCUT2D eigenvalue weighted by Gasteiger charge is -2.32. The summed E-state index contributed by atoms with van der Waals surface area (Å²) in [4.78, 5) is 15.9. The number of ether oxygens (including phenoxy) is 2. The quantitative estimate of drug-likeness (QED) is 0.378. The van der Waals surface area contributed by atoms with Gasteiger partial charge < -0.3 is 29.6 Å². The summed E-state index contributed by atoms with van der Waals surface area (Å²) in [7, 11) is 1.98. The van der Waals surface area contributed by atoms with Gasteiger partial charge in [-0.15, -0.1) is 0 Å². The highest BCUT2D eigenvalue weighted by atomic mass is 16.5. The van der Waals surface area contributed by atoms with Gasteiger partial charge in [0.2, 0.25) is 0 Å². The molecule has 2 N–H and O–H groups in total. The summed E-state index contributed by atoms with van der Waals surface area (Å²) in [5.41, 5.74) is 5.87. The van der Waals surface area contributed by atoms with Crippen molar-refractivity contribution in [2.75, 3.05) is 36.5 Å².